The number of aromatic nitrogens is 4. The van der Waals surface area contributed by atoms with E-state index >= 15 is 0 Å². The standard InChI is InChI=1S/C24H23ClN4O3S2/c1-5-10-29-22(15-11-19(30-2)21(32-4)20(12-15)31-3)27-28-24(29)34-14-16-13-33-23(26-16)17-8-6-7-9-18(17)25/h5-9,11-13H,1,10,14H2,2-4H3. The number of thiazole rings is 1. The molecule has 0 aliphatic rings. The summed E-state index contributed by atoms with van der Waals surface area (Å²) in [5.74, 6) is 2.95. The summed E-state index contributed by atoms with van der Waals surface area (Å²) < 4.78 is 18.4. The van der Waals surface area contributed by atoms with Crippen LogP contribution in [0.3, 0.4) is 0 Å². The van der Waals surface area contributed by atoms with Crippen LogP contribution in [-0.2, 0) is 12.3 Å². The number of nitrogens with zero attached hydrogens (tertiary/aromatic N) is 4. The molecule has 0 saturated heterocycles. The largest absolute Gasteiger partial charge is 0.493 e. The molecule has 0 aliphatic heterocycles. The van der Waals surface area contributed by atoms with E-state index in [0.29, 0.717) is 40.4 Å². The van der Waals surface area contributed by atoms with E-state index in [-0.39, 0.29) is 0 Å². The van der Waals surface area contributed by atoms with E-state index < -0.39 is 0 Å². The number of hydrogen-bond acceptors (Lipinski definition) is 8. The van der Waals surface area contributed by atoms with Crippen molar-refractivity contribution in [1.29, 1.82) is 0 Å². The van der Waals surface area contributed by atoms with Crippen LogP contribution in [-0.4, -0.2) is 41.1 Å². The summed E-state index contributed by atoms with van der Waals surface area (Å²) in [5.41, 5.74) is 2.68. The Morgan fingerprint density at radius 2 is 1.82 bits per heavy atom. The van der Waals surface area contributed by atoms with Crippen LogP contribution >= 0.6 is 34.7 Å². The van der Waals surface area contributed by atoms with Gasteiger partial charge in [-0.1, -0.05) is 47.6 Å². The van der Waals surface area contributed by atoms with Crippen LogP contribution in [0.4, 0.5) is 0 Å². The summed E-state index contributed by atoms with van der Waals surface area (Å²) in [6.07, 6.45) is 1.81. The Labute approximate surface area is 211 Å². The van der Waals surface area contributed by atoms with Crippen LogP contribution < -0.4 is 14.2 Å². The molecular formula is C24H23ClN4O3S2. The van der Waals surface area contributed by atoms with E-state index in [4.69, 9.17) is 30.8 Å². The number of methoxy groups -OCH3 is 3. The fraction of sp³-hybridized carbons (Fsp3) is 0.208. The van der Waals surface area contributed by atoms with Crippen molar-refractivity contribution in [3.05, 3.63) is 65.1 Å². The fourth-order valence-electron chi connectivity index (χ4n) is 3.38. The van der Waals surface area contributed by atoms with Gasteiger partial charge >= 0.3 is 0 Å². The van der Waals surface area contributed by atoms with Crippen molar-refractivity contribution in [2.45, 2.75) is 17.5 Å². The fourth-order valence-corrected chi connectivity index (χ4v) is 5.47. The first-order valence-corrected chi connectivity index (χ1v) is 12.5. The highest BCUT2D eigenvalue weighted by molar-refractivity contribution is 7.98. The average molecular weight is 515 g/mol. The Morgan fingerprint density at radius 1 is 1.09 bits per heavy atom. The summed E-state index contributed by atoms with van der Waals surface area (Å²) in [5, 5.41) is 13.3. The molecule has 7 nitrogen and oxygen atoms in total. The SMILES string of the molecule is C=CCn1c(SCc2csc(-c3ccccc3Cl)n2)nnc1-c1cc(OC)c(OC)c(OC)c1. The van der Waals surface area contributed by atoms with Gasteiger partial charge in [0.25, 0.3) is 0 Å². The van der Waals surface area contributed by atoms with Gasteiger partial charge in [0, 0.05) is 28.8 Å². The lowest BCUT2D eigenvalue weighted by molar-refractivity contribution is 0.324. The molecule has 34 heavy (non-hydrogen) atoms. The number of ether oxygens (including phenoxy) is 3. The van der Waals surface area contributed by atoms with Gasteiger partial charge < -0.3 is 14.2 Å². The normalized spacial score (nSPS) is 10.8. The van der Waals surface area contributed by atoms with Crippen LogP contribution in [0.25, 0.3) is 22.0 Å². The zero-order valence-corrected chi connectivity index (χ0v) is 21.3. The van der Waals surface area contributed by atoms with E-state index in [2.05, 4.69) is 16.8 Å². The lowest BCUT2D eigenvalue weighted by Crippen LogP contribution is -2.02. The molecule has 0 saturated carbocycles. The topological polar surface area (TPSA) is 71.3 Å². The predicted molar refractivity (Wildman–Crippen MR) is 137 cm³/mol. The molecule has 0 N–H and O–H groups in total. The van der Waals surface area contributed by atoms with Crippen LogP contribution in [0.1, 0.15) is 5.69 Å². The number of hydrogen-bond donors (Lipinski definition) is 0. The zero-order valence-electron chi connectivity index (χ0n) is 18.9. The van der Waals surface area contributed by atoms with Gasteiger partial charge in [-0.05, 0) is 18.2 Å². The summed E-state index contributed by atoms with van der Waals surface area (Å²) in [4.78, 5) is 4.75. The Kier molecular flexibility index (Phi) is 7.77. The third-order valence-electron chi connectivity index (χ3n) is 4.96. The molecule has 2 heterocycles. The van der Waals surface area contributed by atoms with E-state index in [9.17, 15) is 0 Å². The summed E-state index contributed by atoms with van der Waals surface area (Å²) >= 11 is 9.46. The van der Waals surface area contributed by atoms with Crippen molar-refractivity contribution in [1.82, 2.24) is 19.7 Å². The maximum absolute atomic E-state index is 6.32. The summed E-state index contributed by atoms with van der Waals surface area (Å²) in [6, 6.07) is 11.4. The predicted octanol–water partition coefficient (Wildman–Crippen LogP) is 6.23. The smallest absolute Gasteiger partial charge is 0.203 e. The second kappa shape index (κ2) is 10.9. The quantitative estimate of drug-likeness (QED) is 0.183. The first-order chi connectivity index (χ1) is 16.6. The molecule has 0 atom stereocenters. The van der Waals surface area contributed by atoms with Crippen LogP contribution in [0.15, 0.2) is 59.6 Å². The molecule has 0 radical (unpaired) electrons. The number of allylic oxidation sites excluding steroid dienone is 1. The average Bonchev–Trinajstić information content (AvgIpc) is 3.49. The maximum Gasteiger partial charge on any atom is 0.203 e. The second-order valence-corrected chi connectivity index (χ2v) is 9.24. The zero-order chi connectivity index (χ0) is 24.1. The second-order valence-electron chi connectivity index (χ2n) is 7.03. The number of thioether (sulfide) groups is 1. The first kappa shape index (κ1) is 24.1. The third-order valence-corrected chi connectivity index (χ3v) is 7.21. The van der Waals surface area contributed by atoms with E-state index in [1.54, 1.807) is 44.4 Å². The van der Waals surface area contributed by atoms with Gasteiger partial charge in [0.15, 0.2) is 22.5 Å². The Bertz CT molecular complexity index is 1280. The minimum atomic E-state index is 0.524. The van der Waals surface area contributed by atoms with E-state index in [1.807, 2.05) is 52.4 Å². The molecule has 0 amide bonds. The Hall–Kier alpha value is -3.01. The van der Waals surface area contributed by atoms with Gasteiger partial charge in [0.05, 0.1) is 32.0 Å². The van der Waals surface area contributed by atoms with Crippen molar-refractivity contribution >= 4 is 34.7 Å². The van der Waals surface area contributed by atoms with Gasteiger partial charge in [-0.2, -0.15) is 0 Å². The highest BCUT2D eigenvalue weighted by Gasteiger charge is 2.20. The lowest BCUT2D eigenvalue weighted by atomic mass is 10.1. The first-order valence-electron chi connectivity index (χ1n) is 10.3. The molecule has 0 aliphatic carbocycles. The molecule has 2 aromatic carbocycles. The van der Waals surface area contributed by atoms with Gasteiger partial charge in [0.1, 0.15) is 5.01 Å². The molecule has 10 heteroatoms. The van der Waals surface area contributed by atoms with Crippen molar-refractivity contribution in [3.63, 3.8) is 0 Å². The van der Waals surface area contributed by atoms with Crippen LogP contribution in [0.5, 0.6) is 17.2 Å². The molecule has 0 spiro atoms. The molecule has 4 rings (SSSR count). The van der Waals surface area contributed by atoms with Crippen molar-refractivity contribution in [2.75, 3.05) is 21.3 Å². The van der Waals surface area contributed by atoms with Gasteiger partial charge in [0.2, 0.25) is 5.75 Å². The van der Waals surface area contributed by atoms with Gasteiger partial charge in [-0.15, -0.1) is 28.1 Å². The van der Waals surface area contributed by atoms with Gasteiger partial charge in [-0.3, -0.25) is 4.57 Å². The molecule has 0 unspecified atom stereocenters. The lowest BCUT2D eigenvalue weighted by Gasteiger charge is -2.14. The Balaban J connectivity index is 1.61. The molecule has 0 fully saturated rings. The highest BCUT2D eigenvalue weighted by Crippen LogP contribution is 2.41. The van der Waals surface area contributed by atoms with Gasteiger partial charge in [-0.25, -0.2) is 4.98 Å². The van der Waals surface area contributed by atoms with E-state index in [0.717, 1.165) is 27.0 Å². The molecule has 2 aromatic heterocycles. The van der Waals surface area contributed by atoms with Crippen molar-refractivity contribution in [3.8, 4) is 39.2 Å². The Morgan fingerprint density at radius 3 is 2.47 bits per heavy atom. The monoisotopic (exact) mass is 514 g/mol. The minimum Gasteiger partial charge on any atom is -0.493 e. The van der Waals surface area contributed by atoms with Crippen LogP contribution in [0, 0.1) is 0 Å². The molecular weight excluding hydrogens is 492 g/mol. The molecule has 4 aromatic rings. The van der Waals surface area contributed by atoms with E-state index in [1.165, 1.54) is 0 Å². The third kappa shape index (κ3) is 4.91. The minimum absolute atomic E-state index is 0.524. The van der Waals surface area contributed by atoms with Crippen molar-refractivity contribution in [2.24, 2.45) is 0 Å². The van der Waals surface area contributed by atoms with Crippen molar-refractivity contribution < 1.29 is 14.2 Å². The number of halogens is 1. The highest BCUT2D eigenvalue weighted by atomic mass is 35.5. The molecule has 176 valence electrons. The number of rotatable bonds is 10. The molecule has 0 bridgehead atoms. The van der Waals surface area contributed by atoms with Crippen LogP contribution in [0.2, 0.25) is 5.02 Å². The summed E-state index contributed by atoms with van der Waals surface area (Å²) in [7, 11) is 4.74. The maximum atomic E-state index is 6.32. The number of benzene rings is 2. The summed E-state index contributed by atoms with van der Waals surface area (Å²) in [6.45, 7) is 4.44.